The fraction of sp³-hybridized carbons (Fsp3) is 0.538. The summed E-state index contributed by atoms with van der Waals surface area (Å²) >= 11 is 0. The molecule has 0 saturated carbocycles. The van der Waals surface area contributed by atoms with Crippen LogP contribution in [0.5, 0.6) is 5.75 Å². The van der Waals surface area contributed by atoms with E-state index in [9.17, 15) is 0 Å². The van der Waals surface area contributed by atoms with E-state index in [-0.39, 0.29) is 5.41 Å². The van der Waals surface area contributed by atoms with Gasteiger partial charge in [0.15, 0.2) is 0 Å². The number of rotatable bonds is 2. The Labute approximate surface area is 87.1 Å². The van der Waals surface area contributed by atoms with Gasteiger partial charge in [0.25, 0.3) is 0 Å². The third-order valence-corrected chi connectivity index (χ3v) is 2.48. The van der Waals surface area contributed by atoms with Crippen LogP contribution in [0, 0.1) is 0 Å². The molecular weight excluding hydrogens is 172 g/mol. The highest BCUT2D eigenvalue weighted by molar-refractivity contribution is 5.41. The molecule has 0 N–H and O–H groups in total. The first-order valence-electron chi connectivity index (χ1n) is 5.16. The van der Waals surface area contributed by atoms with E-state index in [1.54, 1.807) is 7.11 Å². The van der Waals surface area contributed by atoms with Gasteiger partial charge in [0.2, 0.25) is 0 Å². The predicted octanol–water partition coefficient (Wildman–Crippen LogP) is 3.56. The second-order valence-electron chi connectivity index (χ2n) is 4.64. The summed E-state index contributed by atoms with van der Waals surface area (Å²) in [7, 11) is 1.73. The average Bonchev–Trinajstić information content (AvgIpc) is 2.15. The first-order valence-corrected chi connectivity index (χ1v) is 5.16. The van der Waals surface area contributed by atoms with Crippen LogP contribution in [0.4, 0.5) is 0 Å². The van der Waals surface area contributed by atoms with Crippen molar-refractivity contribution in [2.75, 3.05) is 7.11 Å². The molecule has 1 aromatic rings. The largest absolute Gasteiger partial charge is 0.496 e. The Morgan fingerprint density at radius 3 is 2.29 bits per heavy atom. The van der Waals surface area contributed by atoms with Crippen molar-refractivity contribution in [3.05, 3.63) is 29.3 Å². The molecule has 0 amide bonds. The first kappa shape index (κ1) is 11.1. The zero-order valence-electron chi connectivity index (χ0n) is 9.85. The third kappa shape index (κ3) is 2.28. The van der Waals surface area contributed by atoms with Gasteiger partial charge in [-0.1, -0.05) is 39.8 Å². The Morgan fingerprint density at radius 2 is 1.86 bits per heavy atom. The zero-order chi connectivity index (χ0) is 10.8. The lowest BCUT2D eigenvalue weighted by atomic mass is 9.85. The fourth-order valence-corrected chi connectivity index (χ4v) is 1.56. The molecule has 0 fully saturated rings. The number of hydrogen-bond acceptors (Lipinski definition) is 1. The molecule has 0 aliphatic rings. The van der Waals surface area contributed by atoms with Gasteiger partial charge in [0, 0.05) is 0 Å². The molecule has 14 heavy (non-hydrogen) atoms. The summed E-state index contributed by atoms with van der Waals surface area (Å²) in [5.41, 5.74) is 2.81. The van der Waals surface area contributed by atoms with Gasteiger partial charge < -0.3 is 4.74 Å². The Bertz CT molecular complexity index is 308. The van der Waals surface area contributed by atoms with Crippen molar-refractivity contribution in [2.24, 2.45) is 0 Å². The van der Waals surface area contributed by atoms with E-state index in [0.717, 1.165) is 12.2 Å². The van der Waals surface area contributed by atoms with Crippen molar-refractivity contribution in [3.63, 3.8) is 0 Å². The van der Waals surface area contributed by atoms with E-state index < -0.39 is 0 Å². The van der Waals surface area contributed by atoms with Crippen LogP contribution < -0.4 is 4.74 Å². The maximum absolute atomic E-state index is 5.37. The van der Waals surface area contributed by atoms with Crippen molar-refractivity contribution >= 4 is 0 Å². The molecular formula is C13H20O. The molecule has 0 atom stereocenters. The van der Waals surface area contributed by atoms with Gasteiger partial charge in [-0.15, -0.1) is 0 Å². The Morgan fingerprint density at radius 1 is 1.21 bits per heavy atom. The summed E-state index contributed by atoms with van der Waals surface area (Å²) in [6.45, 7) is 8.81. The normalized spacial score (nSPS) is 11.5. The van der Waals surface area contributed by atoms with Crippen LogP contribution in [0.15, 0.2) is 18.2 Å². The van der Waals surface area contributed by atoms with Gasteiger partial charge >= 0.3 is 0 Å². The van der Waals surface area contributed by atoms with E-state index in [2.05, 4.69) is 45.9 Å². The molecule has 1 rings (SSSR count). The fourth-order valence-electron chi connectivity index (χ4n) is 1.56. The monoisotopic (exact) mass is 192 g/mol. The summed E-state index contributed by atoms with van der Waals surface area (Å²) in [5, 5.41) is 0. The minimum atomic E-state index is 0.149. The molecule has 0 aromatic heterocycles. The summed E-state index contributed by atoms with van der Waals surface area (Å²) in [5.74, 6) is 0.995. The lowest BCUT2D eigenvalue weighted by Crippen LogP contribution is -2.13. The van der Waals surface area contributed by atoms with E-state index in [4.69, 9.17) is 4.74 Å². The molecule has 78 valence electrons. The molecule has 0 spiro atoms. The summed E-state index contributed by atoms with van der Waals surface area (Å²) < 4.78 is 5.37. The molecule has 0 radical (unpaired) electrons. The van der Waals surface area contributed by atoms with Gasteiger partial charge in [0.1, 0.15) is 5.75 Å². The van der Waals surface area contributed by atoms with Crippen LogP contribution >= 0.6 is 0 Å². The van der Waals surface area contributed by atoms with Crippen molar-refractivity contribution in [2.45, 2.75) is 39.5 Å². The first-order chi connectivity index (χ1) is 6.49. The van der Waals surface area contributed by atoms with Crippen LogP contribution in [0.1, 0.15) is 38.8 Å². The highest BCUT2D eigenvalue weighted by atomic mass is 16.5. The summed E-state index contributed by atoms with van der Waals surface area (Å²) in [4.78, 5) is 0. The molecule has 0 saturated heterocycles. The number of hydrogen-bond donors (Lipinski definition) is 0. The maximum atomic E-state index is 5.37. The SMILES string of the molecule is CCc1ccc(OC)c(C(C)(C)C)c1. The number of benzene rings is 1. The lowest BCUT2D eigenvalue weighted by Gasteiger charge is -2.22. The Hall–Kier alpha value is -0.980. The van der Waals surface area contributed by atoms with E-state index >= 15 is 0 Å². The third-order valence-electron chi connectivity index (χ3n) is 2.48. The maximum Gasteiger partial charge on any atom is 0.122 e. The predicted molar refractivity (Wildman–Crippen MR) is 61.1 cm³/mol. The average molecular weight is 192 g/mol. The van der Waals surface area contributed by atoms with E-state index in [0.29, 0.717) is 0 Å². The highest BCUT2D eigenvalue weighted by Crippen LogP contribution is 2.31. The molecule has 0 bridgehead atoms. The topological polar surface area (TPSA) is 9.23 Å². The minimum absolute atomic E-state index is 0.149. The van der Waals surface area contributed by atoms with Crippen LogP contribution in [0.3, 0.4) is 0 Å². The van der Waals surface area contributed by atoms with Crippen LogP contribution in [-0.2, 0) is 11.8 Å². The molecule has 0 unspecified atom stereocenters. The number of ether oxygens (including phenoxy) is 1. The zero-order valence-corrected chi connectivity index (χ0v) is 9.85. The molecule has 0 aliphatic heterocycles. The quantitative estimate of drug-likeness (QED) is 0.696. The Kier molecular flexibility index (Phi) is 3.20. The summed E-state index contributed by atoms with van der Waals surface area (Å²) in [6.07, 6.45) is 1.08. The van der Waals surface area contributed by atoms with Gasteiger partial charge in [0.05, 0.1) is 7.11 Å². The molecule has 1 heteroatoms. The van der Waals surface area contributed by atoms with Gasteiger partial charge in [-0.3, -0.25) is 0 Å². The molecule has 0 heterocycles. The number of aryl methyl sites for hydroxylation is 1. The van der Waals surface area contributed by atoms with Crippen molar-refractivity contribution in [3.8, 4) is 5.75 Å². The van der Waals surface area contributed by atoms with Crippen molar-refractivity contribution < 1.29 is 4.74 Å². The smallest absolute Gasteiger partial charge is 0.122 e. The lowest BCUT2D eigenvalue weighted by molar-refractivity contribution is 0.397. The van der Waals surface area contributed by atoms with Gasteiger partial charge in [-0.05, 0) is 29.0 Å². The molecule has 0 aliphatic carbocycles. The Balaban J connectivity index is 3.22. The van der Waals surface area contributed by atoms with Gasteiger partial charge in [-0.25, -0.2) is 0 Å². The van der Waals surface area contributed by atoms with E-state index in [1.807, 2.05) is 0 Å². The molecule has 1 nitrogen and oxygen atoms in total. The van der Waals surface area contributed by atoms with Gasteiger partial charge in [-0.2, -0.15) is 0 Å². The summed E-state index contributed by atoms with van der Waals surface area (Å²) in [6, 6.07) is 6.45. The van der Waals surface area contributed by atoms with E-state index in [1.165, 1.54) is 11.1 Å². The van der Waals surface area contributed by atoms with Crippen molar-refractivity contribution in [1.29, 1.82) is 0 Å². The van der Waals surface area contributed by atoms with Crippen LogP contribution in [0.25, 0.3) is 0 Å². The number of methoxy groups -OCH3 is 1. The highest BCUT2D eigenvalue weighted by Gasteiger charge is 2.18. The second-order valence-corrected chi connectivity index (χ2v) is 4.64. The van der Waals surface area contributed by atoms with Crippen molar-refractivity contribution in [1.82, 2.24) is 0 Å². The van der Waals surface area contributed by atoms with Crippen LogP contribution in [-0.4, -0.2) is 7.11 Å². The standard InChI is InChI=1S/C13H20O/c1-6-10-7-8-12(14-5)11(9-10)13(2,3)4/h7-9H,6H2,1-5H3. The minimum Gasteiger partial charge on any atom is -0.496 e. The second kappa shape index (κ2) is 4.04. The van der Waals surface area contributed by atoms with Crippen LogP contribution in [0.2, 0.25) is 0 Å². The molecule has 1 aromatic carbocycles.